The van der Waals surface area contributed by atoms with E-state index in [9.17, 15) is 26.0 Å². The number of rotatable bonds is 11. The van der Waals surface area contributed by atoms with Crippen molar-refractivity contribution in [3.63, 3.8) is 0 Å². The monoisotopic (exact) mass is 573 g/mol. The number of carbonyl (C=O) groups is 1. The molecule has 8 nitrogen and oxygen atoms in total. The lowest BCUT2D eigenvalue weighted by molar-refractivity contribution is -0.121. The molecule has 4 rings (SSSR count). The molecule has 11 heteroatoms. The van der Waals surface area contributed by atoms with E-state index in [1.165, 1.54) is 40.7 Å². The number of aryl methyl sites for hydroxylation is 1. The first-order chi connectivity index (χ1) is 18.6. The van der Waals surface area contributed by atoms with Gasteiger partial charge in [-0.3, -0.25) is 4.79 Å². The predicted octanol–water partition coefficient (Wildman–Crippen LogP) is 3.47. The Bertz CT molecular complexity index is 1490. The van der Waals surface area contributed by atoms with Crippen LogP contribution in [0.4, 0.5) is 4.39 Å². The molecule has 0 saturated carbocycles. The zero-order chi connectivity index (χ0) is 28.0. The number of nitrogens with zero attached hydrogens (tertiary/aromatic N) is 2. The molecule has 0 spiro atoms. The van der Waals surface area contributed by atoms with E-state index in [0.29, 0.717) is 25.1 Å². The van der Waals surface area contributed by atoms with Crippen LogP contribution in [0.5, 0.6) is 0 Å². The summed E-state index contributed by atoms with van der Waals surface area (Å²) in [6, 6.07) is 18.4. The zero-order valence-electron chi connectivity index (χ0n) is 21.7. The molecule has 1 amide bonds. The molecule has 0 bridgehead atoms. The molecule has 39 heavy (non-hydrogen) atoms. The molecule has 1 aliphatic rings. The Kier molecular flexibility index (Phi) is 9.16. The third kappa shape index (κ3) is 7.30. The van der Waals surface area contributed by atoms with Crippen LogP contribution in [0.15, 0.2) is 82.6 Å². The van der Waals surface area contributed by atoms with Gasteiger partial charge in [-0.05, 0) is 73.7 Å². The molecule has 0 atom stereocenters. The first-order valence-corrected chi connectivity index (χ1v) is 15.6. The quantitative estimate of drug-likeness (QED) is 0.378. The van der Waals surface area contributed by atoms with Crippen molar-refractivity contribution in [2.24, 2.45) is 0 Å². The van der Waals surface area contributed by atoms with E-state index in [1.54, 1.807) is 36.4 Å². The number of carbonyl (C=O) groups excluding carboxylic acids is 1. The van der Waals surface area contributed by atoms with E-state index in [4.69, 9.17) is 0 Å². The third-order valence-electron chi connectivity index (χ3n) is 6.61. The minimum absolute atomic E-state index is 0.0620. The Hall–Kier alpha value is -3.12. The molecule has 1 fully saturated rings. The van der Waals surface area contributed by atoms with Crippen LogP contribution >= 0.6 is 0 Å². The van der Waals surface area contributed by atoms with Gasteiger partial charge in [-0.25, -0.2) is 21.2 Å². The summed E-state index contributed by atoms with van der Waals surface area (Å²) in [6.45, 7) is 2.64. The van der Waals surface area contributed by atoms with Crippen LogP contribution in [0.2, 0.25) is 0 Å². The van der Waals surface area contributed by atoms with Gasteiger partial charge in [0.05, 0.1) is 16.3 Å². The van der Waals surface area contributed by atoms with Gasteiger partial charge in [0.2, 0.25) is 26.0 Å². The first kappa shape index (κ1) is 28.9. The molecule has 0 unspecified atom stereocenters. The normalized spacial score (nSPS) is 14.5. The largest absolute Gasteiger partial charge is 0.355 e. The Morgan fingerprint density at radius 3 is 2.03 bits per heavy atom. The van der Waals surface area contributed by atoms with E-state index in [2.05, 4.69) is 5.32 Å². The van der Waals surface area contributed by atoms with Crippen LogP contribution in [0.25, 0.3) is 0 Å². The summed E-state index contributed by atoms with van der Waals surface area (Å²) in [5, 5.41) is 2.75. The van der Waals surface area contributed by atoms with Crippen LogP contribution in [-0.4, -0.2) is 57.5 Å². The Morgan fingerprint density at radius 1 is 0.846 bits per heavy atom. The highest BCUT2D eigenvalue weighted by Crippen LogP contribution is 2.22. The molecular formula is C28H32FN3O5S2. The minimum atomic E-state index is -4.01. The number of halogens is 1. The van der Waals surface area contributed by atoms with Gasteiger partial charge in [0.15, 0.2) is 0 Å². The Balaban J connectivity index is 1.39. The molecule has 3 aromatic carbocycles. The van der Waals surface area contributed by atoms with Crippen molar-refractivity contribution in [3.05, 3.63) is 95.3 Å². The van der Waals surface area contributed by atoms with Crippen molar-refractivity contribution < 1.29 is 26.0 Å². The molecule has 3 aromatic rings. The summed E-state index contributed by atoms with van der Waals surface area (Å²) in [4.78, 5) is 13.1. The maximum Gasteiger partial charge on any atom is 0.243 e. The van der Waals surface area contributed by atoms with Crippen LogP contribution < -0.4 is 5.32 Å². The van der Waals surface area contributed by atoms with E-state index in [-0.39, 0.29) is 22.9 Å². The fraction of sp³-hybridized carbons (Fsp3) is 0.321. The molecule has 1 saturated heterocycles. The summed E-state index contributed by atoms with van der Waals surface area (Å²) in [5.41, 5.74) is 2.29. The fourth-order valence-corrected chi connectivity index (χ4v) is 7.25. The maximum absolute atomic E-state index is 13.4. The van der Waals surface area contributed by atoms with Crippen LogP contribution in [0.3, 0.4) is 0 Å². The fourth-order valence-electron chi connectivity index (χ4n) is 4.35. The van der Waals surface area contributed by atoms with Crippen molar-refractivity contribution in [2.45, 2.75) is 42.5 Å². The SMILES string of the molecule is Cc1ccc(S(=O)(=O)N(CC(=O)NCCc2ccc(S(=O)(=O)N3CCCC3)cc2)Cc2ccc(F)cc2)cc1. The third-order valence-corrected chi connectivity index (χ3v) is 10.3. The molecule has 0 radical (unpaired) electrons. The summed E-state index contributed by atoms with van der Waals surface area (Å²) < 4.78 is 68.1. The lowest BCUT2D eigenvalue weighted by Crippen LogP contribution is -2.40. The molecular weight excluding hydrogens is 541 g/mol. The van der Waals surface area contributed by atoms with Gasteiger partial charge in [0.25, 0.3) is 0 Å². The predicted molar refractivity (Wildman–Crippen MR) is 146 cm³/mol. The number of nitrogens with one attached hydrogen (secondary N) is 1. The number of benzene rings is 3. The first-order valence-electron chi connectivity index (χ1n) is 12.7. The summed E-state index contributed by atoms with van der Waals surface area (Å²) in [7, 11) is -7.50. The smallest absolute Gasteiger partial charge is 0.243 e. The second kappa shape index (κ2) is 12.4. The van der Waals surface area contributed by atoms with Crippen molar-refractivity contribution in [2.75, 3.05) is 26.2 Å². The molecule has 0 aromatic heterocycles. The van der Waals surface area contributed by atoms with Crippen molar-refractivity contribution in [1.29, 1.82) is 0 Å². The highest BCUT2D eigenvalue weighted by molar-refractivity contribution is 7.89. The lowest BCUT2D eigenvalue weighted by atomic mass is 10.1. The number of hydrogen-bond acceptors (Lipinski definition) is 5. The number of amides is 1. The molecule has 1 aliphatic heterocycles. The summed E-state index contributed by atoms with van der Waals surface area (Å²) >= 11 is 0. The maximum atomic E-state index is 13.4. The average Bonchev–Trinajstić information content (AvgIpc) is 3.46. The van der Waals surface area contributed by atoms with Gasteiger partial charge in [0, 0.05) is 26.2 Å². The topological polar surface area (TPSA) is 104 Å². The molecule has 1 N–H and O–H groups in total. The van der Waals surface area contributed by atoms with E-state index < -0.39 is 38.3 Å². The molecule has 208 valence electrons. The van der Waals surface area contributed by atoms with E-state index in [1.807, 2.05) is 6.92 Å². The number of sulfonamides is 2. The second-order valence-corrected chi connectivity index (χ2v) is 13.4. The molecule has 1 heterocycles. The van der Waals surface area contributed by atoms with Crippen molar-refractivity contribution >= 4 is 26.0 Å². The van der Waals surface area contributed by atoms with Crippen LogP contribution in [0, 0.1) is 12.7 Å². The summed E-state index contributed by atoms with van der Waals surface area (Å²) in [6.07, 6.45) is 2.17. The average molecular weight is 574 g/mol. The Morgan fingerprint density at radius 2 is 1.41 bits per heavy atom. The Labute approximate surface area is 229 Å². The van der Waals surface area contributed by atoms with Crippen molar-refractivity contribution in [3.8, 4) is 0 Å². The van der Waals surface area contributed by atoms with E-state index >= 15 is 0 Å². The summed E-state index contributed by atoms with van der Waals surface area (Å²) in [5.74, 6) is -0.924. The second-order valence-electron chi connectivity index (χ2n) is 9.57. The van der Waals surface area contributed by atoms with Crippen molar-refractivity contribution in [1.82, 2.24) is 13.9 Å². The van der Waals surface area contributed by atoms with Gasteiger partial charge in [-0.1, -0.05) is 42.0 Å². The lowest BCUT2D eigenvalue weighted by Gasteiger charge is -2.22. The highest BCUT2D eigenvalue weighted by Gasteiger charge is 2.28. The standard InChI is InChI=1S/C28H32FN3O5S2/c1-22-4-12-26(13-5-22)39(36,37)32(20-24-6-10-25(29)11-7-24)21-28(33)30-17-16-23-8-14-27(15-9-23)38(34,35)31-18-2-3-19-31/h4-15H,2-3,16-21H2,1H3,(H,30,33). The minimum Gasteiger partial charge on any atom is -0.355 e. The van der Waals surface area contributed by atoms with Crippen LogP contribution in [0.1, 0.15) is 29.5 Å². The van der Waals surface area contributed by atoms with Gasteiger partial charge in [-0.2, -0.15) is 8.61 Å². The van der Waals surface area contributed by atoms with E-state index in [0.717, 1.165) is 28.3 Å². The highest BCUT2D eigenvalue weighted by atomic mass is 32.2. The van der Waals surface area contributed by atoms with Gasteiger partial charge in [-0.15, -0.1) is 0 Å². The van der Waals surface area contributed by atoms with Crippen LogP contribution in [-0.2, 0) is 37.8 Å². The van der Waals surface area contributed by atoms with Gasteiger partial charge in [0.1, 0.15) is 5.82 Å². The molecule has 0 aliphatic carbocycles. The van der Waals surface area contributed by atoms with Gasteiger partial charge < -0.3 is 5.32 Å². The van der Waals surface area contributed by atoms with Gasteiger partial charge >= 0.3 is 0 Å². The number of hydrogen-bond donors (Lipinski definition) is 1. The zero-order valence-corrected chi connectivity index (χ0v) is 23.3.